The van der Waals surface area contributed by atoms with Gasteiger partial charge in [0, 0.05) is 24.4 Å². The van der Waals surface area contributed by atoms with Crippen LogP contribution >= 0.6 is 0 Å². The average molecular weight is 368 g/mol. The van der Waals surface area contributed by atoms with Gasteiger partial charge in [0.1, 0.15) is 5.69 Å². The Morgan fingerprint density at radius 2 is 1.64 bits per heavy atom. The molecule has 4 aromatic rings. The lowest BCUT2D eigenvalue weighted by Gasteiger charge is -2.00. The SMILES string of the molecule is Cc1cc(C(=O)/C=C/c2cn(-c3ccccc3)nc2-c2ccccc2)n(C)n1. The van der Waals surface area contributed by atoms with Gasteiger partial charge in [-0.1, -0.05) is 48.5 Å². The average Bonchev–Trinajstić information content (AvgIpc) is 3.30. The molecule has 0 saturated carbocycles. The van der Waals surface area contributed by atoms with Gasteiger partial charge in [0.25, 0.3) is 0 Å². The summed E-state index contributed by atoms with van der Waals surface area (Å²) in [5.74, 6) is -0.0884. The smallest absolute Gasteiger partial charge is 0.203 e. The predicted octanol–water partition coefficient (Wildman–Crippen LogP) is 4.48. The zero-order valence-electron chi connectivity index (χ0n) is 15.8. The van der Waals surface area contributed by atoms with Crippen molar-refractivity contribution in [3.8, 4) is 16.9 Å². The Labute approximate surface area is 163 Å². The van der Waals surface area contributed by atoms with Crippen LogP contribution in [0.25, 0.3) is 23.0 Å². The van der Waals surface area contributed by atoms with E-state index in [0.717, 1.165) is 28.2 Å². The zero-order valence-corrected chi connectivity index (χ0v) is 15.8. The van der Waals surface area contributed by atoms with Crippen LogP contribution in [0.1, 0.15) is 21.7 Å². The normalized spacial score (nSPS) is 11.2. The molecule has 0 aliphatic heterocycles. The lowest BCUT2D eigenvalue weighted by molar-refractivity contribution is 0.103. The van der Waals surface area contributed by atoms with Crippen molar-refractivity contribution < 1.29 is 4.79 Å². The van der Waals surface area contributed by atoms with Crippen LogP contribution in [0.15, 0.2) is 79.0 Å². The lowest BCUT2D eigenvalue weighted by Crippen LogP contribution is -2.03. The van der Waals surface area contributed by atoms with Crippen LogP contribution in [0.4, 0.5) is 0 Å². The van der Waals surface area contributed by atoms with E-state index in [0.29, 0.717) is 5.69 Å². The van der Waals surface area contributed by atoms with Gasteiger partial charge >= 0.3 is 0 Å². The Bertz CT molecular complexity index is 1140. The highest BCUT2D eigenvalue weighted by Crippen LogP contribution is 2.25. The van der Waals surface area contributed by atoms with E-state index in [4.69, 9.17) is 5.10 Å². The summed E-state index contributed by atoms with van der Waals surface area (Å²) in [5.41, 5.74) is 5.05. The van der Waals surface area contributed by atoms with E-state index in [-0.39, 0.29) is 5.78 Å². The Hall–Kier alpha value is -3.73. The molecule has 4 rings (SSSR count). The third-order valence-electron chi connectivity index (χ3n) is 4.48. The number of aryl methyl sites for hydroxylation is 2. The van der Waals surface area contributed by atoms with Gasteiger partial charge in [-0.25, -0.2) is 4.68 Å². The maximum atomic E-state index is 12.6. The lowest BCUT2D eigenvalue weighted by atomic mass is 10.1. The van der Waals surface area contributed by atoms with Gasteiger partial charge in [-0.15, -0.1) is 0 Å². The van der Waals surface area contributed by atoms with Crippen molar-refractivity contribution in [2.75, 3.05) is 0 Å². The van der Waals surface area contributed by atoms with E-state index in [1.165, 1.54) is 0 Å². The molecule has 0 fully saturated rings. The summed E-state index contributed by atoms with van der Waals surface area (Å²) in [6, 6.07) is 21.7. The topological polar surface area (TPSA) is 52.7 Å². The van der Waals surface area contributed by atoms with Crippen LogP contribution in [0.2, 0.25) is 0 Å². The van der Waals surface area contributed by atoms with E-state index in [9.17, 15) is 4.79 Å². The van der Waals surface area contributed by atoms with Gasteiger partial charge in [-0.05, 0) is 37.3 Å². The van der Waals surface area contributed by atoms with Crippen LogP contribution in [-0.2, 0) is 7.05 Å². The van der Waals surface area contributed by atoms with Gasteiger partial charge in [-0.2, -0.15) is 10.2 Å². The van der Waals surface area contributed by atoms with Crippen LogP contribution < -0.4 is 0 Å². The number of allylic oxidation sites excluding steroid dienone is 1. The molecule has 5 heteroatoms. The Balaban J connectivity index is 1.74. The number of nitrogens with zero attached hydrogens (tertiary/aromatic N) is 4. The van der Waals surface area contributed by atoms with Gasteiger partial charge in [0.05, 0.1) is 17.1 Å². The fourth-order valence-electron chi connectivity index (χ4n) is 3.13. The summed E-state index contributed by atoms with van der Waals surface area (Å²) >= 11 is 0. The maximum absolute atomic E-state index is 12.6. The molecular formula is C23H20N4O. The minimum absolute atomic E-state index is 0.0884. The Morgan fingerprint density at radius 1 is 0.964 bits per heavy atom. The first-order chi connectivity index (χ1) is 13.6. The highest BCUT2D eigenvalue weighted by Gasteiger charge is 2.12. The molecule has 0 radical (unpaired) electrons. The number of hydrogen-bond acceptors (Lipinski definition) is 3. The Morgan fingerprint density at radius 3 is 2.29 bits per heavy atom. The van der Waals surface area contributed by atoms with Crippen molar-refractivity contribution in [3.63, 3.8) is 0 Å². The molecule has 0 aliphatic rings. The van der Waals surface area contributed by atoms with Gasteiger partial charge < -0.3 is 0 Å². The molecule has 0 saturated heterocycles. The highest BCUT2D eigenvalue weighted by molar-refractivity contribution is 6.06. The van der Waals surface area contributed by atoms with Gasteiger partial charge in [-0.3, -0.25) is 9.48 Å². The number of carbonyl (C=O) groups is 1. The molecule has 2 aromatic heterocycles. The van der Waals surface area contributed by atoms with Crippen molar-refractivity contribution >= 4 is 11.9 Å². The summed E-state index contributed by atoms with van der Waals surface area (Å²) in [6.07, 6.45) is 5.34. The largest absolute Gasteiger partial charge is 0.288 e. The maximum Gasteiger partial charge on any atom is 0.203 e. The van der Waals surface area contributed by atoms with E-state index >= 15 is 0 Å². The third-order valence-corrected chi connectivity index (χ3v) is 4.48. The van der Waals surface area contributed by atoms with Crippen molar-refractivity contribution in [1.29, 1.82) is 0 Å². The molecule has 28 heavy (non-hydrogen) atoms. The quantitative estimate of drug-likeness (QED) is 0.386. The summed E-state index contributed by atoms with van der Waals surface area (Å²) < 4.78 is 3.44. The van der Waals surface area contributed by atoms with Crippen molar-refractivity contribution in [2.45, 2.75) is 6.92 Å². The first kappa shape index (κ1) is 17.7. The zero-order chi connectivity index (χ0) is 19.5. The van der Waals surface area contributed by atoms with Crippen LogP contribution in [0, 0.1) is 6.92 Å². The fourth-order valence-corrected chi connectivity index (χ4v) is 3.13. The highest BCUT2D eigenvalue weighted by atomic mass is 16.1. The minimum Gasteiger partial charge on any atom is -0.288 e. The van der Waals surface area contributed by atoms with Gasteiger partial charge in [0.2, 0.25) is 5.78 Å². The predicted molar refractivity (Wildman–Crippen MR) is 110 cm³/mol. The summed E-state index contributed by atoms with van der Waals surface area (Å²) in [5, 5.41) is 9.00. The number of aromatic nitrogens is 4. The molecule has 5 nitrogen and oxygen atoms in total. The monoisotopic (exact) mass is 368 g/mol. The summed E-state index contributed by atoms with van der Waals surface area (Å²) in [4.78, 5) is 12.6. The number of ketones is 1. The Kier molecular flexibility index (Phi) is 4.72. The first-order valence-electron chi connectivity index (χ1n) is 9.05. The number of carbonyl (C=O) groups excluding carboxylic acids is 1. The van der Waals surface area contributed by atoms with E-state index < -0.39 is 0 Å². The van der Waals surface area contributed by atoms with Crippen LogP contribution in [-0.4, -0.2) is 25.3 Å². The van der Waals surface area contributed by atoms with E-state index in [1.54, 1.807) is 23.9 Å². The molecule has 0 atom stereocenters. The molecule has 0 aliphatic carbocycles. The second-order valence-corrected chi connectivity index (χ2v) is 6.57. The van der Waals surface area contributed by atoms with E-state index in [1.807, 2.05) is 84.5 Å². The molecule has 0 N–H and O–H groups in total. The van der Waals surface area contributed by atoms with Gasteiger partial charge in [0.15, 0.2) is 0 Å². The number of rotatable bonds is 5. The number of para-hydroxylation sites is 1. The molecule has 2 heterocycles. The molecule has 2 aromatic carbocycles. The third kappa shape index (κ3) is 3.55. The second-order valence-electron chi connectivity index (χ2n) is 6.57. The number of benzene rings is 2. The van der Waals surface area contributed by atoms with Crippen molar-refractivity contribution in [3.05, 3.63) is 96.0 Å². The van der Waals surface area contributed by atoms with E-state index in [2.05, 4.69) is 5.10 Å². The first-order valence-corrected chi connectivity index (χ1v) is 9.05. The van der Waals surface area contributed by atoms with Crippen molar-refractivity contribution in [1.82, 2.24) is 19.6 Å². The molecule has 0 bridgehead atoms. The fraction of sp³-hybridized carbons (Fsp3) is 0.0870. The molecule has 0 spiro atoms. The van der Waals surface area contributed by atoms with Crippen LogP contribution in [0.3, 0.4) is 0 Å². The molecule has 0 unspecified atom stereocenters. The molecule has 0 amide bonds. The second kappa shape index (κ2) is 7.48. The van der Waals surface area contributed by atoms with Crippen LogP contribution in [0.5, 0.6) is 0 Å². The summed E-state index contributed by atoms with van der Waals surface area (Å²) in [6.45, 7) is 1.87. The standard InChI is InChI=1S/C23H20N4O/c1-17-15-21(26(2)24-17)22(28)14-13-19-16-27(20-11-7-4-8-12-20)25-23(19)18-9-5-3-6-10-18/h3-16H,1-2H3/b14-13+. The minimum atomic E-state index is -0.0884. The molecular weight excluding hydrogens is 348 g/mol. The summed E-state index contributed by atoms with van der Waals surface area (Å²) in [7, 11) is 1.77. The van der Waals surface area contributed by atoms with Crippen molar-refractivity contribution in [2.24, 2.45) is 7.05 Å². The molecule has 138 valence electrons. The number of hydrogen-bond donors (Lipinski definition) is 0.